The van der Waals surface area contributed by atoms with Gasteiger partial charge in [0.15, 0.2) is 0 Å². The van der Waals surface area contributed by atoms with Gasteiger partial charge in [-0.1, -0.05) is 33.1 Å². The zero-order valence-corrected chi connectivity index (χ0v) is 11.4. The minimum Gasteiger partial charge on any atom is -0.377 e. The van der Waals surface area contributed by atoms with Gasteiger partial charge in [-0.25, -0.2) is 0 Å². The van der Waals surface area contributed by atoms with Crippen LogP contribution in [-0.2, 0) is 4.74 Å². The maximum absolute atomic E-state index is 6.40. The van der Waals surface area contributed by atoms with Crippen LogP contribution in [0.25, 0.3) is 0 Å². The predicted octanol–water partition coefficient (Wildman–Crippen LogP) is 4.38. The molecule has 2 fully saturated rings. The van der Waals surface area contributed by atoms with E-state index in [2.05, 4.69) is 13.8 Å². The molecule has 2 heteroatoms. The van der Waals surface area contributed by atoms with Crippen molar-refractivity contribution in [3.8, 4) is 0 Å². The minimum atomic E-state index is 0.369. The molecule has 0 aromatic rings. The molecule has 16 heavy (non-hydrogen) atoms. The molecular weight excluding hydrogens is 220 g/mol. The summed E-state index contributed by atoms with van der Waals surface area (Å²) in [6, 6.07) is 0. The van der Waals surface area contributed by atoms with Crippen molar-refractivity contribution < 1.29 is 4.74 Å². The second-order valence-corrected chi connectivity index (χ2v) is 6.39. The molecule has 0 radical (unpaired) electrons. The molecule has 2 aliphatic carbocycles. The highest BCUT2D eigenvalue weighted by Crippen LogP contribution is 2.57. The SMILES string of the molecule is CCCC(C)COC1CC(Cl)C12CCCC2. The Bertz CT molecular complexity index is 223. The number of halogens is 1. The van der Waals surface area contributed by atoms with Gasteiger partial charge in [0.2, 0.25) is 0 Å². The van der Waals surface area contributed by atoms with Gasteiger partial charge in [-0.2, -0.15) is 0 Å². The van der Waals surface area contributed by atoms with Crippen LogP contribution in [0.15, 0.2) is 0 Å². The number of hydrogen-bond donors (Lipinski definition) is 0. The third kappa shape index (κ3) is 2.26. The first-order valence-electron chi connectivity index (χ1n) is 6.94. The van der Waals surface area contributed by atoms with E-state index in [1.807, 2.05) is 0 Å². The molecule has 94 valence electrons. The highest BCUT2D eigenvalue weighted by atomic mass is 35.5. The van der Waals surface area contributed by atoms with Crippen molar-refractivity contribution in [2.45, 2.75) is 70.3 Å². The minimum absolute atomic E-state index is 0.369. The van der Waals surface area contributed by atoms with Gasteiger partial charge in [-0.05, 0) is 31.6 Å². The van der Waals surface area contributed by atoms with Crippen LogP contribution in [-0.4, -0.2) is 18.1 Å². The standard InChI is InChI=1S/C14H25ClO/c1-3-6-11(2)10-16-13-9-12(15)14(13)7-4-5-8-14/h11-13H,3-10H2,1-2H3. The first-order chi connectivity index (χ1) is 7.69. The first-order valence-corrected chi connectivity index (χ1v) is 7.38. The molecule has 0 bridgehead atoms. The molecule has 0 saturated heterocycles. The van der Waals surface area contributed by atoms with Gasteiger partial charge in [0.05, 0.1) is 6.10 Å². The Labute approximate surface area is 105 Å². The number of ether oxygens (including phenoxy) is 1. The van der Waals surface area contributed by atoms with E-state index in [9.17, 15) is 0 Å². The third-order valence-corrected chi connectivity index (χ3v) is 5.20. The van der Waals surface area contributed by atoms with Crippen molar-refractivity contribution in [3.05, 3.63) is 0 Å². The van der Waals surface area contributed by atoms with Crippen LogP contribution in [0.2, 0.25) is 0 Å². The molecular formula is C14H25ClO. The zero-order valence-electron chi connectivity index (χ0n) is 10.7. The fourth-order valence-corrected chi connectivity index (χ4v) is 3.98. The maximum atomic E-state index is 6.40. The molecule has 1 spiro atoms. The van der Waals surface area contributed by atoms with Gasteiger partial charge < -0.3 is 4.74 Å². The smallest absolute Gasteiger partial charge is 0.0659 e. The molecule has 3 atom stereocenters. The molecule has 0 aliphatic heterocycles. The fourth-order valence-electron chi connectivity index (χ4n) is 3.46. The average Bonchev–Trinajstić information content (AvgIpc) is 2.76. The van der Waals surface area contributed by atoms with Crippen LogP contribution < -0.4 is 0 Å². The summed E-state index contributed by atoms with van der Waals surface area (Å²) < 4.78 is 6.12. The maximum Gasteiger partial charge on any atom is 0.0659 e. The lowest BCUT2D eigenvalue weighted by Gasteiger charge is -2.51. The summed E-state index contributed by atoms with van der Waals surface area (Å²) in [7, 11) is 0. The van der Waals surface area contributed by atoms with Gasteiger partial charge in [-0.3, -0.25) is 0 Å². The largest absolute Gasteiger partial charge is 0.377 e. The summed E-state index contributed by atoms with van der Waals surface area (Å²) in [5, 5.41) is 0.390. The van der Waals surface area contributed by atoms with E-state index in [0.29, 0.717) is 22.8 Å². The monoisotopic (exact) mass is 244 g/mol. The molecule has 2 saturated carbocycles. The molecule has 0 amide bonds. The Kier molecular flexibility index (Phi) is 4.18. The van der Waals surface area contributed by atoms with Gasteiger partial charge in [-0.15, -0.1) is 11.6 Å². The van der Waals surface area contributed by atoms with Crippen molar-refractivity contribution >= 4 is 11.6 Å². The molecule has 0 heterocycles. The number of alkyl halides is 1. The number of hydrogen-bond acceptors (Lipinski definition) is 1. The summed E-state index contributed by atoms with van der Waals surface area (Å²) in [5.41, 5.74) is 0.369. The fraction of sp³-hybridized carbons (Fsp3) is 1.00. The van der Waals surface area contributed by atoms with E-state index in [1.54, 1.807) is 0 Å². The zero-order chi connectivity index (χ0) is 11.6. The van der Waals surface area contributed by atoms with Crippen LogP contribution in [0.4, 0.5) is 0 Å². The van der Waals surface area contributed by atoms with Gasteiger partial charge in [0, 0.05) is 17.4 Å². The van der Waals surface area contributed by atoms with E-state index in [-0.39, 0.29) is 0 Å². The van der Waals surface area contributed by atoms with E-state index < -0.39 is 0 Å². The van der Waals surface area contributed by atoms with Crippen molar-refractivity contribution in [1.29, 1.82) is 0 Å². The molecule has 3 unspecified atom stereocenters. The third-order valence-electron chi connectivity index (χ3n) is 4.58. The van der Waals surface area contributed by atoms with Crippen LogP contribution in [0, 0.1) is 11.3 Å². The normalized spacial score (nSPS) is 33.9. The Morgan fingerprint density at radius 2 is 2.06 bits per heavy atom. The molecule has 2 aliphatic rings. The van der Waals surface area contributed by atoms with E-state index in [4.69, 9.17) is 16.3 Å². The lowest BCUT2D eigenvalue weighted by molar-refractivity contribution is -0.112. The average molecular weight is 245 g/mol. The Hall–Kier alpha value is 0.250. The predicted molar refractivity (Wildman–Crippen MR) is 69.0 cm³/mol. The molecule has 2 rings (SSSR count). The van der Waals surface area contributed by atoms with E-state index in [0.717, 1.165) is 13.0 Å². The molecule has 0 aromatic heterocycles. The summed E-state index contributed by atoms with van der Waals surface area (Å²) in [6.45, 7) is 5.47. The highest BCUT2D eigenvalue weighted by Gasteiger charge is 2.55. The second-order valence-electron chi connectivity index (χ2n) is 5.86. The highest BCUT2D eigenvalue weighted by molar-refractivity contribution is 6.21. The van der Waals surface area contributed by atoms with Gasteiger partial charge in [0.1, 0.15) is 0 Å². The van der Waals surface area contributed by atoms with E-state index >= 15 is 0 Å². The quantitative estimate of drug-likeness (QED) is 0.653. The van der Waals surface area contributed by atoms with Crippen molar-refractivity contribution in [1.82, 2.24) is 0 Å². The van der Waals surface area contributed by atoms with Gasteiger partial charge >= 0.3 is 0 Å². The van der Waals surface area contributed by atoms with Crippen molar-refractivity contribution in [2.75, 3.05) is 6.61 Å². The van der Waals surface area contributed by atoms with Crippen molar-refractivity contribution in [3.63, 3.8) is 0 Å². The second kappa shape index (κ2) is 5.27. The lowest BCUT2D eigenvalue weighted by Crippen LogP contribution is -2.54. The molecule has 0 aromatic carbocycles. The van der Waals surface area contributed by atoms with Crippen LogP contribution >= 0.6 is 11.6 Å². The summed E-state index contributed by atoms with van der Waals surface area (Å²) in [4.78, 5) is 0. The van der Waals surface area contributed by atoms with Crippen LogP contribution in [0.3, 0.4) is 0 Å². The Morgan fingerprint density at radius 1 is 1.38 bits per heavy atom. The topological polar surface area (TPSA) is 9.23 Å². The molecule has 1 nitrogen and oxygen atoms in total. The summed E-state index contributed by atoms with van der Waals surface area (Å²) in [5.74, 6) is 0.706. The Balaban J connectivity index is 1.78. The molecule has 0 N–H and O–H groups in total. The van der Waals surface area contributed by atoms with Crippen molar-refractivity contribution in [2.24, 2.45) is 11.3 Å². The summed E-state index contributed by atoms with van der Waals surface area (Å²) >= 11 is 6.40. The summed E-state index contributed by atoms with van der Waals surface area (Å²) in [6.07, 6.45) is 9.41. The lowest BCUT2D eigenvalue weighted by atomic mass is 9.64. The number of rotatable bonds is 5. The van der Waals surface area contributed by atoms with Gasteiger partial charge in [0.25, 0.3) is 0 Å². The first kappa shape index (κ1) is 12.7. The van der Waals surface area contributed by atoms with E-state index in [1.165, 1.54) is 38.5 Å². The van der Waals surface area contributed by atoms with Crippen LogP contribution in [0.1, 0.15) is 58.8 Å². The Morgan fingerprint density at radius 3 is 2.62 bits per heavy atom. The van der Waals surface area contributed by atoms with Crippen LogP contribution in [0.5, 0.6) is 0 Å².